The molecule has 0 spiro atoms. The highest BCUT2D eigenvalue weighted by molar-refractivity contribution is 5.96. The summed E-state index contributed by atoms with van der Waals surface area (Å²) in [6.07, 6.45) is 11.8. The standard InChI is InChI=1S/C26H34O2/c1-3-5-7-11-18-26(19-12-8-6-4-2)23-17-10-9-14-20(23)21-15-13-16-22(24(21)26)25(27)28/h9-10,13-17H,3-8,11-12,18-19H2,1-2H3,(H,27,28). The van der Waals surface area contributed by atoms with Gasteiger partial charge in [0, 0.05) is 5.41 Å². The molecule has 28 heavy (non-hydrogen) atoms. The quantitative estimate of drug-likeness (QED) is 0.409. The molecule has 0 saturated heterocycles. The maximum absolute atomic E-state index is 12.2. The van der Waals surface area contributed by atoms with Crippen LogP contribution in [-0.4, -0.2) is 11.1 Å². The number of benzene rings is 2. The van der Waals surface area contributed by atoms with Crippen molar-refractivity contribution in [3.63, 3.8) is 0 Å². The molecule has 1 N–H and O–H groups in total. The van der Waals surface area contributed by atoms with Gasteiger partial charge in [0.05, 0.1) is 5.56 Å². The van der Waals surface area contributed by atoms with Crippen LogP contribution in [0.4, 0.5) is 0 Å². The Labute approximate surface area is 170 Å². The third-order valence-electron chi connectivity index (χ3n) is 6.42. The predicted octanol–water partition coefficient (Wildman–Crippen LogP) is 7.59. The summed E-state index contributed by atoms with van der Waals surface area (Å²) in [5.41, 5.74) is 5.17. The monoisotopic (exact) mass is 378 g/mol. The number of carbonyl (C=O) groups is 1. The summed E-state index contributed by atoms with van der Waals surface area (Å²) in [6.45, 7) is 4.48. The molecule has 3 rings (SSSR count). The van der Waals surface area contributed by atoms with Gasteiger partial charge in [-0.15, -0.1) is 0 Å². The average molecular weight is 379 g/mol. The molecule has 2 nitrogen and oxygen atoms in total. The van der Waals surface area contributed by atoms with Gasteiger partial charge in [-0.1, -0.05) is 102 Å². The van der Waals surface area contributed by atoms with Gasteiger partial charge in [-0.2, -0.15) is 0 Å². The fourth-order valence-electron chi connectivity index (χ4n) is 5.09. The highest BCUT2D eigenvalue weighted by Crippen LogP contribution is 2.55. The first-order valence-corrected chi connectivity index (χ1v) is 11.1. The van der Waals surface area contributed by atoms with Crippen molar-refractivity contribution in [2.24, 2.45) is 0 Å². The molecule has 2 aromatic carbocycles. The Morgan fingerprint density at radius 2 is 1.39 bits per heavy atom. The van der Waals surface area contributed by atoms with Gasteiger partial charge in [-0.05, 0) is 41.2 Å². The van der Waals surface area contributed by atoms with Gasteiger partial charge in [0.25, 0.3) is 0 Å². The largest absolute Gasteiger partial charge is 0.478 e. The molecule has 2 aromatic rings. The van der Waals surface area contributed by atoms with Crippen LogP contribution in [0.2, 0.25) is 0 Å². The second-order valence-corrected chi connectivity index (χ2v) is 8.28. The molecule has 0 radical (unpaired) electrons. The minimum atomic E-state index is -0.795. The van der Waals surface area contributed by atoms with E-state index < -0.39 is 5.97 Å². The smallest absolute Gasteiger partial charge is 0.336 e. The van der Waals surface area contributed by atoms with E-state index >= 15 is 0 Å². The number of carboxylic acids is 1. The van der Waals surface area contributed by atoms with Crippen molar-refractivity contribution in [3.05, 3.63) is 59.2 Å². The summed E-state index contributed by atoms with van der Waals surface area (Å²) in [4.78, 5) is 12.2. The molecule has 1 aliphatic carbocycles. The van der Waals surface area contributed by atoms with Gasteiger partial charge in [0.2, 0.25) is 0 Å². The first kappa shape index (κ1) is 20.6. The third-order valence-corrected chi connectivity index (χ3v) is 6.42. The molecule has 0 aromatic heterocycles. The van der Waals surface area contributed by atoms with E-state index in [0.29, 0.717) is 5.56 Å². The van der Waals surface area contributed by atoms with Crippen molar-refractivity contribution in [1.82, 2.24) is 0 Å². The van der Waals surface area contributed by atoms with Gasteiger partial charge in [-0.25, -0.2) is 4.79 Å². The van der Waals surface area contributed by atoms with Gasteiger partial charge in [-0.3, -0.25) is 0 Å². The first-order valence-electron chi connectivity index (χ1n) is 11.1. The van der Waals surface area contributed by atoms with Crippen molar-refractivity contribution in [1.29, 1.82) is 0 Å². The molecule has 0 bridgehead atoms. The van der Waals surface area contributed by atoms with E-state index in [1.807, 2.05) is 6.07 Å². The second kappa shape index (κ2) is 9.41. The lowest BCUT2D eigenvalue weighted by Crippen LogP contribution is -2.28. The predicted molar refractivity (Wildman–Crippen MR) is 117 cm³/mol. The van der Waals surface area contributed by atoms with Crippen LogP contribution in [0.25, 0.3) is 11.1 Å². The zero-order valence-electron chi connectivity index (χ0n) is 17.5. The van der Waals surface area contributed by atoms with Crippen LogP contribution >= 0.6 is 0 Å². The summed E-state index contributed by atoms with van der Waals surface area (Å²) in [7, 11) is 0. The van der Waals surface area contributed by atoms with Crippen LogP contribution in [0.15, 0.2) is 42.5 Å². The summed E-state index contributed by atoms with van der Waals surface area (Å²) in [5.74, 6) is -0.795. The number of unbranched alkanes of at least 4 members (excludes halogenated alkanes) is 6. The average Bonchev–Trinajstić information content (AvgIpc) is 2.99. The van der Waals surface area contributed by atoms with E-state index in [1.54, 1.807) is 6.07 Å². The number of hydrogen-bond donors (Lipinski definition) is 1. The highest BCUT2D eigenvalue weighted by Gasteiger charge is 2.44. The van der Waals surface area contributed by atoms with E-state index in [9.17, 15) is 9.90 Å². The minimum Gasteiger partial charge on any atom is -0.478 e. The molecular formula is C26H34O2. The Bertz CT molecular complexity index is 794. The molecule has 0 fully saturated rings. The summed E-state index contributed by atoms with van der Waals surface area (Å²) < 4.78 is 0. The Kier molecular flexibility index (Phi) is 6.93. The minimum absolute atomic E-state index is 0.150. The lowest BCUT2D eigenvalue weighted by molar-refractivity contribution is 0.0694. The number of aromatic carboxylic acids is 1. The van der Waals surface area contributed by atoms with Gasteiger partial charge >= 0.3 is 5.97 Å². The molecule has 0 unspecified atom stereocenters. The topological polar surface area (TPSA) is 37.3 Å². The Morgan fingerprint density at radius 1 is 0.786 bits per heavy atom. The molecule has 1 aliphatic rings. The van der Waals surface area contributed by atoms with Crippen molar-refractivity contribution in [2.75, 3.05) is 0 Å². The SMILES string of the molecule is CCCCCCC1(CCCCCC)c2ccccc2-c2cccc(C(=O)O)c21. The van der Waals surface area contributed by atoms with Gasteiger partial charge < -0.3 is 5.11 Å². The maximum atomic E-state index is 12.2. The fraction of sp³-hybridized carbons (Fsp3) is 0.500. The zero-order chi connectivity index (χ0) is 20.0. The molecule has 0 aliphatic heterocycles. The maximum Gasteiger partial charge on any atom is 0.336 e. The summed E-state index contributed by atoms with van der Waals surface area (Å²) in [5, 5.41) is 9.98. The molecule has 0 atom stereocenters. The van der Waals surface area contributed by atoms with Crippen LogP contribution in [0, 0.1) is 0 Å². The Balaban J connectivity index is 2.09. The number of rotatable bonds is 11. The van der Waals surface area contributed by atoms with Crippen LogP contribution in [-0.2, 0) is 5.41 Å². The summed E-state index contributed by atoms with van der Waals surface area (Å²) >= 11 is 0. The number of hydrogen-bond acceptors (Lipinski definition) is 1. The van der Waals surface area contributed by atoms with E-state index in [0.717, 1.165) is 36.8 Å². The Hall–Kier alpha value is -2.09. The number of carboxylic acid groups (broad SMARTS) is 1. The van der Waals surface area contributed by atoms with E-state index in [2.05, 4.69) is 44.2 Å². The van der Waals surface area contributed by atoms with Gasteiger partial charge in [0.15, 0.2) is 0 Å². The lowest BCUT2D eigenvalue weighted by Gasteiger charge is -2.33. The van der Waals surface area contributed by atoms with E-state index in [-0.39, 0.29) is 5.41 Å². The highest BCUT2D eigenvalue weighted by atomic mass is 16.4. The molecule has 2 heteroatoms. The van der Waals surface area contributed by atoms with Crippen molar-refractivity contribution in [3.8, 4) is 11.1 Å². The Morgan fingerprint density at radius 3 is 2.00 bits per heavy atom. The van der Waals surface area contributed by atoms with Crippen molar-refractivity contribution in [2.45, 2.75) is 83.5 Å². The van der Waals surface area contributed by atoms with E-state index in [1.165, 1.54) is 49.7 Å². The van der Waals surface area contributed by atoms with Crippen LogP contribution in [0.1, 0.15) is 99.5 Å². The number of fused-ring (bicyclic) bond motifs is 3. The van der Waals surface area contributed by atoms with Crippen molar-refractivity contribution < 1.29 is 9.90 Å². The van der Waals surface area contributed by atoms with Crippen LogP contribution in [0.5, 0.6) is 0 Å². The molecular weight excluding hydrogens is 344 g/mol. The fourth-order valence-corrected chi connectivity index (χ4v) is 5.09. The van der Waals surface area contributed by atoms with Crippen molar-refractivity contribution >= 4 is 5.97 Å². The van der Waals surface area contributed by atoms with Crippen LogP contribution < -0.4 is 0 Å². The van der Waals surface area contributed by atoms with Crippen LogP contribution in [0.3, 0.4) is 0 Å². The van der Waals surface area contributed by atoms with E-state index in [4.69, 9.17) is 0 Å². The third kappa shape index (κ3) is 3.87. The van der Waals surface area contributed by atoms with Gasteiger partial charge in [0.1, 0.15) is 0 Å². The lowest BCUT2D eigenvalue weighted by atomic mass is 9.69. The normalized spacial score (nSPS) is 13.9. The molecule has 0 heterocycles. The summed E-state index contributed by atoms with van der Waals surface area (Å²) in [6, 6.07) is 14.5. The molecule has 150 valence electrons. The molecule has 0 saturated carbocycles. The first-order chi connectivity index (χ1) is 13.7. The zero-order valence-corrected chi connectivity index (χ0v) is 17.5. The molecule has 0 amide bonds. The second-order valence-electron chi connectivity index (χ2n) is 8.28.